The quantitative estimate of drug-likeness (QED) is 0.570. The lowest BCUT2D eigenvalue weighted by atomic mass is 10.1. The van der Waals surface area contributed by atoms with E-state index in [1.54, 1.807) is 20.3 Å². The van der Waals surface area contributed by atoms with E-state index in [1.807, 2.05) is 37.3 Å². The molecule has 1 N–H and O–H groups in total. The Labute approximate surface area is 156 Å². The summed E-state index contributed by atoms with van der Waals surface area (Å²) in [5.41, 5.74) is 2.01. The van der Waals surface area contributed by atoms with E-state index in [9.17, 15) is 0 Å². The minimum absolute atomic E-state index is 0.0204. The van der Waals surface area contributed by atoms with Gasteiger partial charge in [-0.3, -0.25) is 4.90 Å². The van der Waals surface area contributed by atoms with Crippen LogP contribution in [0.5, 0.6) is 11.5 Å². The molecule has 1 aliphatic heterocycles. The first kappa shape index (κ1) is 20.1. The van der Waals surface area contributed by atoms with Crippen LogP contribution < -0.4 is 14.8 Å². The Morgan fingerprint density at radius 2 is 1.88 bits per heavy atom. The second-order valence-electron chi connectivity index (χ2n) is 6.23. The van der Waals surface area contributed by atoms with E-state index >= 15 is 0 Å². The molecular weight excluding hydrogens is 328 g/mol. The van der Waals surface area contributed by atoms with Gasteiger partial charge in [-0.05, 0) is 43.7 Å². The molecule has 1 aliphatic rings. The van der Waals surface area contributed by atoms with E-state index in [2.05, 4.69) is 23.7 Å². The number of rotatable bonds is 8. The summed E-state index contributed by atoms with van der Waals surface area (Å²) in [5, 5.41) is 3.37. The molecule has 2 rings (SSSR count). The molecule has 1 fully saturated rings. The van der Waals surface area contributed by atoms with Gasteiger partial charge in [-0.25, -0.2) is 0 Å². The van der Waals surface area contributed by atoms with Crippen molar-refractivity contribution in [3.05, 3.63) is 54.1 Å². The van der Waals surface area contributed by atoms with Crippen LogP contribution in [0.3, 0.4) is 0 Å². The summed E-state index contributed by atoms with van der Waals surface area (Å²) in [7, 11) is 3.27. The largest absolute Gasteiger partial charge is 0.493 e. The second kappa shape index (κ2) is 10.0. The first-order valence-electron chi connectivity index (χ1n) is 8.94. The molecule has 0 saturated carbocycles. The Hall–Kier alpha value is -2.24. The van der Waals surface area contributed by atoms with Crippen LogP contribution in [0, 0.1) is 0 Å². The predicted molar refractivity (Wildman–Crippen MR) is 106 cm³/mol. The minimum atomic E-state index is -0.0204. The van der Waals surface area contributed by atoms with E-state index in [-0.39, 0.29) is 6.23 Å². The van der Waals surface area contributed by atoms with E-state index < -0.39 is 0 Å². The third-order valence-corrected chi connectivity index (χ3v) is 4.37. The van der Waals surface area contributed by atoms with Crippen LogP contribution in [0.4, 0.5) is 0 Å². The van der Waals surface area contributed by atoms with Gasteiger partial charge in [0.15, 0.2) is 11.5 Å². The van der Waals surface area contributed by atoms with Gasteiger partial charge in [-0.1, -0.05) is 18.7 Å². The summed E-state index contributed by atoms with van der Waals surface area (Å²) < 4.78 is 17.1. The van der Waals surface area contributed by atoms with Crippen molar-refractivity contribution in [3.63, 3.8) is 0 Å². The van der Waals surface area contributed by atoms with Gasteiger partial charge < -0.3 is 19.5 Å². The maximum absolute atomic E-state index is 6.35. The lowest BCUT2D eigenvalue weighted by molar-refractivity contribution is 0.0109. The highest BCUT2D eigenvalue weighted by atomic mass is 16.5. The van der Waals surface area contributed by atoms with Gasteiger partial charge in [-0.15, -0.1) is 0 Å². The highest BCUT2D eigenvalue weighted by Crippen LogP contribution is 2.32. The Kier molecular flexibility index (Phi) is 7.75. The minimum Gasteiger partial charge on any atom is -0.493 e. The number of hydrogen-bond donors (Lipinski definition) is 1. The molecule has 1 unspecified atom stereocenters. The van der Waals surface area contributed by atoms with Gasteiger partial charge in [0.25, 0.3) is 0 Å². The van der Waals surface area contributed by atoms with Crippen LogP contribution in [-0.4, -0.2) is 51.5 Å². The summed E-state index contributed by atoms with van der Waals surface area (Å²) in [4.78, 5) is 2.33. The topological polar surface area (TPSA) is 43.0 Å². The fourth-order valence-corrected chi connectivity index (χ4v) is 2.92. The Bertz CT molecular complexity index is 661. The van der Waals surface area contributed by atoms with Crippen LogP contribution in [0.25, 0.3) is 5.76 Å². The maximum Gasteiger partial charge on any atom is 0.161 e. The third-order valence-electron chi connectivity index (χ3n) is 4.37. The van der Waals surface area contributed by atoms with E-state index in [1.165, 1.54) is 0 Å². The number of benzene rings is 1. The SMILES string of the molecule is C=C/C=C(C)/C=C(\OC(C)N1CCNCC1)c1ccc(OC)c(OC)c1. The average molecular weight is 358 g/mol. The van der Waals surface area contributed by atoms with Crippen LogP contribution in [0.2, 0.25) is 0 Å². The maximum atomic E-state index is 6.35. The third kappa shape index (κ3) is 5.38. The van der Waals surface area contributed by atoms with Crippen molar-refractivity contribution >= 4 is 5.76 Å². The van der Waals surface area contributed by atoms with Crippen molar-refractivity contribution in [1.82, 2.24) is 10.2 Å². The molecule has 1 aromatic rings. The normalized spacial score (nSPS) is 17.5. The van der Waals surface area contributed by atoms with Crippen molar-refractivity contribution < 1.29 is 14.2 Å². The monoisotopic (exact) mass is 358 g/mol. The molecule has 0 aliphatic carbocycles. The van der Waals surface area contributed by atoms with Crippen LogP contribution in [-0.2, 0) is 4.74 Å². The van der Waals surface area contributed by atoms with Crippen molar-refractivity contribution in [2.75, 3.05) is 40.4 Å². The molecule has 1 aromatic carbocycles. The van der Waals surface area contributed by atoms with Crippen molar-refractivity contribution in [2.45, 2.75) is 20.1 Å². The zero-order valence-corrected chi connectivity index (χ0v) is 16.2. The fraction of sp³-hybridized carbons (Fsp3) is 0.429. The number of ether oxygens (including phenoxy) is 3. The average Bonchev–Trinajstić information content (AvgIpc) is 2.67. The molecular formula is C21H30N2O3. The summed E-state index contributed by atoms with van der Waals surface area (Å²) >= 11 is 0. The Morgan fingerprint density at radius 1 is 1.19 bits per heavy atom. The molecule has 1 atom stereocenters. The Morgan fingerprint density at radius 3 is 2.50 bits per heavy atom. The highest BCUT2D eigenvalue weighted by molar-refractivity contribution is 5.66. The molecule has 1 saturated heterocycles. The zero-order valence-electron chi connectivity index (χ0n) is 16.2. The molecule has 0 radical (unpaired) electrons. The van der Waals surface area contributed by atoms with Gasteiger partial charge in [0.05, 0.1) is 14.2 Å². The number of hydrogen-bond acceptors (Lipinski definition) is 5. The van der Waals surface area contributed by atoms with E-state index in [4.69, 9.17) is 14.2 Å². The number of methoxy groups -OCH3 is 2. The first-order valence-corrected chi connectivity index (χ1v) is 8.94. The number of nitrogens with zero attached hydrogens (tertiary/aromatic N) is 1. The summed E-state index contributed by atoms with van der Waals surface area (Å²) in [5.74, 6) is 2.18. The molecule has 1 heterocycles. The molecule has 0 spiro atoms. The molecule has 0 aromatic heterocycles. The molecule has 5 heteroatoms. The molecule has 26 heavy (non-hydrogen) atoms. The van der Waals surface area contributed by atoms with E-state index in [0.717, 1.165) is 43.1 Å². The first-order chi connectivity index (χ1) is 12.6. The molecule has 5 nitrogen and oxygen atoms in total. The van der Waals surface area contributed by atoms with Gasteiger partial charge in [0.1, 0.15) is 12.0 Å². The summed E-state index contributed by atoms with van der Waals surface area (Å²) in [6.07, 6.45) is 5.74. The van der Waals surface area contributed by atoms with Gasteiger partial charge >= 0.3 is 0 Å². The standard InChI is InChI=1S/C21H30N2O3/c1-6-7-16(2)14-20(26-17(3)23-12-10-22-11-13-23)18-8-9-19(24-4)21(15-18)25-5/h6-9,14-15,17,22H,1,10-13H2,2-5H3/b16-7+,20-14-. The number of nitrogens with one attached hydrogen (secondary N) is 1. The van der Waals surface area contributed by atoms with E-state index in [0.29, 0.717) is 11.5 Å². The molecule has 0 amide bonds. The summed E-state index contributed by atoms with van der Waals surface area (Å²) in [6, 6.07) is 5.82. The number of allylic oxidation sites excluding steroid dienone is 4. The lowest BCUT2D eigenvalue weighted by Crippen LogP contribution is -2.48. The zero-order chi connectivity index (χ0) is 18.9. The van der Waals surface area contributed by atoms with Crippen LogP contribution in [0.1, 0.15) is 19.4 Å². The predicted octanol–water partition coefficient (Wildman–Crippen LogP) is 3.44. The molecule has 142 valence electrons. The van der Waals surface area contributed by atoms with Crippen molar-refractivity contribution in [1.29, 1.82) is 0 Å². The van der Waals surface area contributed by atoms with Crippen molar-refractivity contribution in [3.8, 4) is 11.5 Å². The van der Waals surface area contributed by atoms with Crippen molar-refractivity contribution in [2.24, 2.45) is 0 Å². The second-order valence-corrected chi connectivity index (χ2v) is 6.23. The van der Waals surface area contributed by atoms with Gasteiger partial charge in [-0.2, -0.15) is 0 Å². The highest BCUT2D eigenvalue weighted by Gasteiger charge is 2.19. The van der Waals surface area contributed by atoms with Gasteiger partial charge in [0.2, 0.25) is 0 Å². The van der Waals surface area contributed by atoms with Gasteiger partial charge in [0, 0.05) is 31.7 Å². The molecule has 0 bridgehead atoms. The Balaban J connectivity index is 2.31. The van der Waals surface area contributed by atoms with Crippen LogP contribution >= 0.6 is 0 Å². The fourth-order valence-electron chi connectivity index (χ4n) is 2.92. The lowest BCUT2D eigenvalue weighted by Gasteiger charge is -2.33. The van der Waals surface area contributed by atoms with Crippen LogP contribution in [0.15, 0.2) is 48.6 Å². The summed E-state index contributed by atoms with van der Waals surface area (Å²) in [6.45, 7) is 11.8. The smallest absolute Gasteiger partial charge is 0.161 e. The number of piperazine rings is 1.